The molecule has 3 nitrogen and oxygen atoms in total. The minimum absolute atomic E-state index is 0.574. The van der Waals surface area contributed by atoms with E-state index in [4.69, 9.17) is 5.73 Å². The highest BCUT2D eigenvalue weighted by molar-refractivity contribution is 5.81. The van der Waals surface area contributed by atoms with Gasteiger partial charge in [0.1, 0.15) is 0 Å². The molecular formula is C11H13N3. The lowest BCUT2D eigenvalue weighted by Crippen LogP contribution is -1.92. The molecule has 2 aromatic rings. The minimum Gasteiger partial charge on any atom is -0.327 e. The topological polar surface area (TPSA) is 43.8 Å². The molecule has 1 aromatic heterocycles. The molecule has 2 N–H and O–H groups in total. The average molecular weight is 187 g/mol. The molecule has 72 valence electrons. The van der Waals surface area contributed by atoms with Crippen molar-refractivity contribution in [2.75, 3.05) is 6.54 Å². The van der Waals surface area contributed by atoms with E-state index in [-0.39, 0.29) is 0 Å². The van der Waals surface area contributed by atoms with E-state index in [1.807, 2.05) is 30.1 Å². The van der Waals surface area contributed by atoms with Crippen LogP contribution in [0.2, 0.25) is 0 Å². The van der Waals surface area contributed by atoms with E-state index in [0.29, 0.717) is 6.54 Å². The summed E-state index contributed by atoms with van der Waals surface area (Å²) in [5.74, 6) is 0. The van der Waals surface area contributed by atoms with Crippen LogP contribution in [0.25, 0.3) is 17.0 Å². The molecular weight excluding hydrogens is 174 g/mol. The Labute approximate surface area is 82.8 Å². The van der Waals surface area contributed by atoms with Crippen molar-refractivity contribution in [1.29, 1.82) is 0 Å². The van der Waals surface area contributed by atoms with Crippen molar-refractivity contribution in [3.05, 3.63) is 36.0 Å². The number of benzene rings is 1. The van der Waals surface area contributed by atoms with E-state index < -0.39 is 0 Å². The maximum Gasteiger partial charge on any atom is 0.0679 e. The van der Waals surface area contributed by atoms with Crippen molar-refractivity contribution in [2.24, 2.45) is 12.8 Å². The third-order valence-corrected chi connectivity index (χ3v) is 2.22. The first-order valence-corrected chi connectivity index (χ1v) is 4.59. The average Bonchev–Trinajstić information content (AvgIpc) is 2.57. The summed E-state index contributed by atoms with van der Waals surface area (Å²) in [5.41, 5.74) is 7.70. The van der Waals surface area contributed by atoms with Gasteiger partial charge in [0.05, 0.1) is 11.7 Å². The Kier molecular flexibility index (Phi) is 2.33. The predicted octanol–water partition coefficient (Wildman–Crippen LogP) is 1.55. The van der Waals surface area contributed by atoms with Gasteiger partial charge in [0.2, 0.25) is 0 Å². The minimum atomic E-state index is 0.574. The van der Waals surface area contributed by atoms with Gasteiger partial charge in [-0.3, -0.25) is 4.68 Å². The molecule has 0 aliphatic rings. The predicted molar refractivity (Wildman–Crippen MR) is 58.8 cm³/mol. The largest absolute Gasteiger partial charge is 0.327 e. The van der Waals surface area contributed by atoms with Crippen LogP contribution in [-0.4, -0.2) is 16.3 Å². The van der Waals surface area contributed by atoms with Crippen LogP contribution in [0.1, 0.15) is 5.56 Å². The van der Waals surface area contributed by atoms with Gasteiger partial charge in [0.25, 0.3) is 0 Å². The number of aryl methyl sites for hydroxylation is 1. The number of hydrogen-bond acceptors (Lipinski definition) is 2. The lowest BCUT2D eigenvalue weighted by atomic mass is 10.1. The zero-order chi connectivity index (χ0) is 9.97. The van der Waals surface area contributed by atoms with Crippen LogP contribution >= 0.6 is 0 Å². The van der Waals surface area contributed by atoms with E-state index in [9.17, 15) is 0 Å². The Morgan fingerprint density at radius 3 is 3.14 bits per heavy atom. The SMILES string of the molecule is Cn1ncc2cc(/C=C/CN)ccc21. The lowest BCUT2D eigenvalue weighted by Gasteiger charge is -1.95. The summed E-state index contributed by atoms with van der Waals surface area (Å²) in [5, 5.41) is 5.34. The molecule has 1 heterocycles. The van der Waals surface area contributed by atoms with Gasteiger partial charge in [0.15, 0.2) is 0 Å². The van der Waals surface area contributed by atoms with Crippen molar-refractivity contribution in [1.82, 2.24) is 9.78 Å². The number of fused-ring (bicyclic) bond motifs is 1. The molecule has 0 unspecified atom stereocenters. The number of nitrogens with zero attached hydrogens (tertiary/aromatic N) is 2. The highest BCUT2D eigenvalue weighted by atomic mass is 15.2. The summed E-state index contributed by atoms with van der Waals surface area (Å²) in [4.78, 5) is 0. The van der Waals surface area contributed by atoms with E-state index in [1.54, 1.807) is 0 Å². The van der Waals surface area contributed by atoms with Gasteiger partial charge in [-0.15, -0.1) is 0 Å². The fourth-order valence-corrected chi connectivity index (χ4v) is 1.49. The first-order chi connectivity index (χ1) is 6.81. The van der Waals surface area contributed by atoms with Gasteiger partial charge in [-0.2, -0.15) is 5.10 Å². The second-order valence-electron chi connectivity index (χ2n) is 3.22. The van der Waals surface area contributed by atoms with E-state index in [0.717, 1.165) is 16.5 Å². The number of nitrogens with two attached hydrogens (primary N) is 1. The molecule has 0 aliphatic carbocycles. The maximum atomic E-state index is 5.39. The number of rotatable bonds is 2. The quantitative estimate of drug-likeness (QED) is 0.775. The Hall–Kier alpha value is -1.61. The summed E-state index contributed by atoms with van der Waals surface area (Å²) in [6, 6.07) is 6.24. The zero-order valence-corrected chi connectivity index (χ0v) is 8.14. The fraction of sp³-hybridized carbons (Fsp3) is 0.182. The van der Waals surface area contributed by atoms with Gasteiger partial charge >= 0.3 is 0 Å². The molecule has 0 spiro atoms. The molecule has 0 aliphatic heterocycles. The molecule has 14 heavy (non-hydrogen) atoms. The van der Waals surface area contributed by atoms with Crippen molar-refractivity contribution in [2.45, 2.75) is 0 Å². The molecule has 0 atom stereocenters. The van der Waals surface area contributed by atoms with Crippen LogP contribution in [0, 0.1) is 0 Å². The standard InChI is InChI=1S/C11H13N3/c1-14-11-5-4-9(3-2-6-12)7-10(11)8-13-14/h2-5,7-8H,6,12H2,1H3/b3-2+. The molecule has 0 radical (unpaired) electrons. The summed E-state index contributed by atoms with van der Waals surface area (Å²) < 4.78 is 1.87. The molecule has 3 heteroatoms. The Balaban J connectivity index is 2.47. The summed E-state index contributed by atoms with van der Waals surface area (Å²) in [6.45, 7) is 0.574. The van der Waals surface area contributed by atoms with Crippen molar-refractivity contribution < 1.29 is 0 Å². The normalized spacial score (nSPS) is 11.6. The molecule has 2 rings (SSSR count). The Bertz CT molecular complexity index is 468. The van der Waals surface area contributed by atoms with Crippen LogP contribution in [0.5, 0.6) is 0 Å². The number of aromatic nitrogens is 2. The van der Waals surface area contributed by atoms with Crippen molar-refractivity contribution in [3.8, 4) is 0 Å². The maximum absolute atomic E-state index is 5.39. The van der Waals surface area contributed by atoms with Crippen LogP contribution in [-0.2, 0) is 7.05 Å². The van der Waals surface area contributed by atoms with Gasteiger partial charge in [0, 0.05) is 19.0 Å². The summed E-state index contributed by atoms with van der Waals surface area (Å²) in [7, 11) is 1.94. The van der Waals surface area contributed by atoms with E-state index in [2.05, 4.69) is 23.3 Å². The van der Waals surface area contributed by atoms with Crippen LogP contribution in [0.15, 0.2) is 30.5 Å². The van der Waals surface area contributed by atoms with Gasteiger partial charge in [-0.1, -0.05) is 18.2 Å². The second-order valence-corrected chi connectivity index (χ2v) is 3.22. The molecule has 0 saturated heterocycles. The molecule has 0 fully saturated rings. The molecule has 0 amide bonds. The molecule has 0 bridgehead atoms. The number of hydrogen-bond donors (Lipinski definition) is 1. The summed E-state index contributed by atoms with van der Waals surface area (Å²) in [6.07, 6.45) is 5.83. The first kappa shape index (κ1) is 8.97. The second kappa shape index (κ2) is 3.64. The van der Waals surface area contributed by atoms with E-state index in [1.165, 1.54) is 0 Å². The van der Waals surface area contributed by atoms with Crippen molar-refractivity contribution in [3.63, 3.8) is 0 Å². The lowest BCUT2D eigenvalue weighted by molar-refractivity contribution is 0.797. The molecule has 1 aromatic carbocycles. The van der Waals surface area contributed by atoms with E-state index >= 15 is 0 Å². The Morgan fingerprint density at radius 2 is 2.36 bits per heavy atom. The first-order valence-electron chi connectivity index (χ1n) is 4.59. The highest BCUT2D eigenvalue weighted by Crippen LogP contribution is 2.15. The summed E-state index contributed by atoms with van der Waals surface area (Å²) >= 11 is 0. The van der Waals surface area contributed by atoms with Crippen molar-refractivity contribution >= 4 is 17.0 Å². The smallest absolute Gasteiger partial charge is 0.0679 e. The fourth-order valence-electron chi connectivity index (χ4n) is 1.49. The monoisotopic (exact) mass is 187 g/mol. The third kappa shape index (κ3) is 1.54. The van der Waals surface area contributed by atoms with Gasteiger partial charge < -0.3 is 5.73 Å². The third-order valence-electron chi connectivity index (χ3n) is 2.22. The van der Waals surface area contributed by atoms with Crippen LogP contribution < -0.4 is 5.73 Å². The highest BCUT2D eigenvalue weighted by Gasteiger charge is 1.98. The zero-order valence-electron chi connectivity index (χ0n) is 8.14. The van der Waals surface area contributed by atoms with Gasteiger partial charge in [-0.05, 0) is 17.7 Å². The Morgan fingerprint density at radius 1 is 1.50 bits per heavy atom. The molecule has 0 saturated carbocycles. The van der Waals surface area contributed by atoms with Crippen LogP contribution in [0.3, 0.4) is 0 Å². The van der Waals surface area contributed by atoms with Crippen LogP contribution in [0.4, 0.5) is 0 Å². The van der Waals surface area contributed by atoms with Gasteiger partial charge in [-0.25, -0.2) is 0 Å².